The van der Waals surface area contributed by atoms with Crippen LogP contribution in [0.25, 0.3) is 10.2 Å². The van der Waals surface area contributed by atoms with E-state index in [1.165, 1.54) is 0 Å². The molecule has 1 aromatic carbocycles. The quantitative estimate of drug-likeness (QED) is 0.264. The second-order valence-corrected chi connectivity index (χ2v) is 10.3. The van der Waals surface area contributed by atoms with Gasteiger partial charge in [0.05, 0.1) is 15.9 Å². The number of nitrogens with zero attached hydrogens (tertiary/aromatic N) is 2. The topological polar surface area (TPSA) is 63.6 Å². The highest BCUT2D eigenvalue weighted by molar-refractivity contribution is 8.04. The minimum Gasteiger partial charge on any atom is -0.383 e. The van der Waals surface area contributed by atoms with Gasteiger partial charge in [-0.05, 0) is 44.2 Å². The number of nitrogens with one attached hydrogen (secondary N) is 1. The van der Waals surface area contributed by atoms with Crippen molar-refractivity contribution in [3.63, 3.8) is 0 Å². The Kier molecular flexibility index (Phi) is 8.24. The molecule has 1 unspecified atom stereocenters. The first kappa shape index (κ1) is 21.1. The van der Waals surface area contributed by atoms with Crippen molar-refractivity contribution in [2.45, 2.75) is 50.3 Å². The second-order valence-electron chi connectivity index (χ2n) is 6.21. The van der Waals surface area contributed by atoms with Gasteiger partial charge in [0.1, 0.15) is 0 Å². The number of thiazole rings is 1. The fourth-order valence-corrected chi connectivity index (χ4v) is 4.95. The zero-order chi connectivity index (χ0) is 19.1. The van der Waals surface area contributed by atoms with Crippen LogP contribution in [0, 0.1) is 0 Å². The van der Waals surface area contributed by atoms with Gasteiger partial charge in [-0.25, -0.2) is 4.98 Å². The number of hydrogen-bond donors (Lipinski definition) is 1. The Labute approximate surface area is 167 Å². The zero-order valence-corrected chi connectivity index (χ0v) is 18.2. The number of rotatable bonds is 9. The predicted octanol–water partition coefficient (Wildman–Crippen LogP) is 5.27. The first-order valence-corrected chi connectivity index (χ1v) is 11.3. The summed E-state index contributed by atoms with van der Waals surface area (Å²) in [5, 5.41) is 7.36. The lowest BCUT2D eigenvalue weighted by Crippen LogP contribution is -2.26. The molecule has 8 heteroatoms. The SMILES string of the molecule is CC(C)=NOC(C)C(=O)Nc1ccc2nc(SCCSC(C)C)sc2c1. The van der Waals surface area contributed by atoms with E-state index in [0.717, 1.165) is 37.5 Å². The smallest absolute Gasteiger partial charge is 0.267 e. The summed E-state index contributed by atoms with van der Waals surface area (Å²) in [4.78, 5) is 22.0. The Balaban J connectivity index is 1.95. The molecule has 1 aromatic heterocycles. The van der Waals surface area contributed by atoms with Crippen LogP contribution in [0.15, 0.2) is 27.7 Å². The van der Waals surface area contributed by atoms with Gasteiger partial charge in [0.25, 0.3) is 5.91 Å². The molecule has 1 atom stereocenters. The third-order valence-electron chi connectivity index (χ3n) is 3.16. The molecule has 0 aliphatic heterocycles. The van der Waals surface area contributed by atoms with Crippen molar-refractivity contribution in [3.8, 4) is 0 Å². The maximum atomic E-state index is 12.2. The van der Waals surface area contributed by atoms with E-state index in [2.05, 4.69) is 29.3 Å². The molecule has 5 nitrogen and oxygen atoms in total. The molecule has 1 amide bonds. The number of benzene rings is 1. The van der Waals surface area contributed by atoms with Crippen LogP contribution in [-0.2, 0) is 9.63 Å². The van der Waals surface area contributed by atoms with Crippen LogP contribution in [0.3, 0.4) is 0 Å². The van der Waals surface area contributed by atoms with Gasteiger partial charge in [-0.1, -0.05) is 30.8 Å². The van der Waals surface area contributed by atoms with Crippen LogP contribution in [0.4, 0.5) is 5.69 Å². The Morgan fingerprint density at radius 3 is 2.77 bits per heavy atom. The van der Waals surface area contributed by atoms with E-state index < -0.39 is 6.10 Å². The van der Waals surface area contributed by atoms with Crippen molar-refractivity contribution in [2.24, 2.45) is 5.16 Å². The van der Waals surface area contributed by atoms with Crippen LogP contribution in [0.2, 0.25) is 0 Å². The molecule has 1 N–H and O–H groups in total. The summed E-state index contributed by atoms with van der Waals surface area (Å²) in [7, 11) is 0. The second kappa shape index (κ2) is 10.2. The monoisotopic (exact) mass is 411 g/mol. The molecule has 0 spiro atoms. The zero-order valence-electron chi connectivity index (χ0n) is 15.7. The number of oxime groups is 1. The molecule has 0 radical (unpaired) electrons. The van der Waals surface area contributed by atoms with E-state index in [4.69, 9.17) is 4.84 Å². The molecule has 0 fully saturated rings. The van der Waals surface area contributed by atoms with Gasteiger partial charge in [-0.3, -0.25) is 4.79 Å². The molecular weight excluding hydrogens is 386 g/mol. The number of amides is 1. The summed E-state index contributed by atoms with van der Waals surface area (Å²) < 4.78 is 2.13. The van der Waals surface area contributed by atoms with Crippen LogP contribution in [0.5, 0.6) is 0 Å². The van der Waals surface area contributed by atoms with Gasteiger partial charge in [-0.15, -0.1) is 11.3 Å². The molecule has 2 rings (SSSR count). The van der Waals surface area contributed by atoms with Crippen molar-refractivity contribution in [3.05, 3.63) is 18.2 Å². The standard InChI is InChI=1S/C18H25N3O2S3/c1-11(2)21-23-13(5)17(22)19-14-6-7-15-16(10-14)26-18(20-15)25-9-8-24-12(3)4/h6-7,10,12-13H,8-9H2,1-5H3,(H,19,22). The number of thioether (sulfide) groups is 2. The number of anilines is 1. The summed E-state index contributed by atoms with van der Waals surface area (Å²) in [6.07, 6.45) is -0.647. The van der Waals surface area contributed by atoms with Gasteiger partial charge >= 0.3 is 0 Å². The summed E-state index contributed by atoms with van der Waals surface area (Å²) in [5.41, 5.74) is 2.47. The van der Waals surface area contributed by atoms with Gasteiger partial charge in [0.15, 0.2) is 4.34 Å². The molecule has 2 aromatic rings. The largest absolute Gasteiger partial charge is 0.383 e. The fourth-order valence-electron chi connectivity index (χ4n) is 1.93. The van der Waals surface area contributed by atoms with Gasteiger partial charge in [0.2, 0.25) is 6.10 Å². The minimum atomic E-state index is -0.647. The Hall–Kier alpha value is -1.25. The molecule has 0 saturated heterocycles. The summed E-state index contributed by atoms with van der Waals surface area (Å²) >= 11 is 5.41. The summed E-state index contributed by atoms with van der Waals surface area (Å²) in [6, 6.07) is 5.76. The van der Waals surface area contributed by atoms with E-state index >= 15 is 0 Å². The van der Waals surface area contributed by atoms with Crippen molar-refractivity contribution in [1.82, 2.24) is 4.98 Å². The first-order valence-electron chi connectivity index (χ1n) is 8.48. The average Bonchev–Trinajstić information content (AvgIpc) is 2.98. The van der Waals surface area contributed by atoms with Crippen LogP contribution in [0.1, 0.15) is 34.6 Å². The van der Waals surface area contributed by atoms with E-state index in [1.807, 2.05) is 43.8 Å². The molecule has 0 aliphatic carbocycles. The predicted molar refractivity (Wildman–Crippen MR) is 116 cm³/mol. The van der Waals surface area contributed by atoms with Crippen LogP contribution >= 0.6 is 34.9 Å². The Morgan fingerprint density at radius 1 is 1.31 bits per heavy atom. The molecule has 1 heterocycles. The third kappa shape index (κ3) is 6.81. The molecular formula is C18H25N3O2S3. The lowest BCUT2D eigenvalue weighted by Gasteiger charge is -2.10. The van der Waals surface area contributed by atoms with Crippen LogP contribution in [-0.4, -0.2) is 39.5 Å². The van der Waals surface area contributed by atoms with Crippen molar-refractivity contribution in [1.29, 1.82) is 0 Å². The first-order chi connectivity index (χ1) is 12.3. The van der Waals surface area contributed by atoms with Gasteiger partial charge in [-0.2, -0.15) is 11.8 Å². The number of fused-ring (bicyclic) bond motifs is 1. The molecule has 0 saturated carbocycles. The van der Waals surface area contributed by atoms with E-state index in [-0.39, 0.29) is 5.91 Å². The lowest BCUT2D eigenvalue weighted by molar-refractivity contribution is -0.126. The normalized spacial score (nSPS) is 12.2. The highest BCUT2D eigenvalue weighted by atomic mass is 32.2. The van der Waals surface area contributed by atoms with Crippen LogP contribution < -0.4 is 5.32 Å². The summed E-state index contributed by atoms with van der Waals surface area (Å²) in [6.45, 7) is 9.74. The van der Waals surface area contributed by atoms with E-state index in [0.29, 0.717) is 5.25 Å². The Morgan fingerprint density at radius 2 is 2.08 bits per heavy atom. The molecule has 0 aliphatic rings. The maximum absolute atomic E-state index is 12.2. The lowest BCUT2D eigenvalue weighted by atomic mass is 10.3. The molecule has 26 heavy (non-hydrogen) atoms. The van der Waals surface area contributed by atoms with Gasteiger partial charge in [0, 0.05) is 17.2 Å². The highest BCUT2D eigenvalue weighted by Gasteiger charge is 2.15. The average molecular weight is 412 g/mol. The fraction of sp³-hybridized carbons (Fsp3) is 0.500. The molecule has 0 bridgehead atoms. The Bertz CT molecular complexity index is 770. The minimum absolute atomic E-state index is 0.223. The number of carbonyl (C=O) groups excluding carboxylic acids is 1. The maximum Gasteiger partial charge on any atom is 0.267 e. The van der Waals surface area contributed by atoms with E-state index in [9.17, 15) is 4.79 Å². The number of carbonyl (C=O) groups is 1. The van der Waals surface area contributed by atoms with E-state index in [1.54, 1.807) is 30.0 Å². The number of hydrogen-bond acceptors (Lipinski definition) is 7. The van der Waals surface area contributed by atoms with Crippen molar-refractivity contribution >= 4 is 62.4 Å². The highest BCUT2D eigenvalue weighted by Crippen LogP contribution is 2.31. The summed E-state index contributed by atoms with van der Waals surface area (Å²) in [5.74, 6) is 1.95. The number of aromatic nitrogens is 1. The van der Waals surface area contributed by atoms with Gasteiger partial charge < -0.3 is 10.2 Å². The molecule has 142 valence electrons. The third-order valence-corrected chi connectivity index (χ3v) is 6.69. The van der Waals surface area contributed by atoms with Crippen molar-refractivity contribution < 1.29 is 9.63 Å². The van der Waals surface area contributed by atoms with Crippen molar-refractivity contribution in [2.75, 3.05) is 16.8 Å².